The number of hydrogen-bond donors (Lipinski definition) is 1. The lowest BCUT2D eigenvalue weighted by molar-refractivity contribution is -0.384. The third-order valence-electron chi connectivity index (χ3n) is 3.54. The summed E-state index contributed by atoms with van der Waals surface area (Å²) in [5.74, 6) is 0.664. The number of benzene rings is 2. The van der Waals surface area contributed by atoms with Crippen LogP contribution in [0.4, 0.5) is 11.4 Å². The third-order valence-corrected chi connectivity index (χ3v) is 3.54. The molecule has 0 radical (unpaired) electrons. The summed E-state index contributed by atoms with van der Waals surface area (Å²) in [6, 6.07) is 12.7. The average molecular weight is 308 g/mol. The second-order valence-electron chi connectivity index (χ2n) is 5.40. The zero-order chi connectivity index (χ0) is 16.4. The number of rotatable bonds is 4. The van der Waals surface area contributed by atoms with Crippen LogP contribution in [0.5, 0.6) is 0 Å². The molecule has 6 nitrogen and oxygen atoms in total. The van der Waals surface area contributed by atoms with E-state index in [9.17, 15) is 10.1 Å². The van der Waals surface area contributed by atoms with Crippen LogP contribution in [0.2, 0.25) is 0 Å². The molecule has 0 saturated carbocycles. The number of H-pyrrole nitrogens is 1. The van der Waals surface area contributed by atoms with Gasteiger partial charge in [0, 0.05) is 31.9 Å². The highest BCUT2D eigenvalue weighted by atomic mass is 16.6. The molecule has 2 aromatic carbocycles. The van der Waals surface area contributed by atoms with Gasteiger partial charge in [-0.05, 0) is 29.8 Å². The van der Waals surface area contributed by atoms with E-state index < -0.39 is 4.92 Å². The number of aromatic amines is 1. The summed E-state index contributed by atoms with van der Waals surface area (Å²) in [4.78, 5) is 19.9. The number of nitrogens with one attached hydrogen (secondary N) is 1. The molecular weight excluding hydrogens is 292 g/mol. The molecule has 23 heavy (non-hydrogen) atoms. The average Bonchev–Trinajstić information content (AvgIpc) is 2.95. The van der Waals surface area contributed by atoms with Crippen molar-refractivity contribution in [1.82, 2.24) is 9.97 Å². The number of nitro groups is 1. The van der Waals surface area contributed by atoms with E-state index in [2.05, 4.69) is 9.97 Å². The Labute approximate surface area is 133 Å². The van der Waals surface area contributed by atoms with Crippen molar-refractivity contribution in [3.8, 4) is 0 Å². The van der Waals surface area contributed by atoms with Crippen molar-refractivity contribution in [2.45, 2.75) is 0 Å². The second kappa shape index (κ2) is 5.92. The van der Waals surface area contributed by atoms with Gasteiger partial charge in [0.15, 0.2) is 0 Å². The molecule has 1 N–H and O–H groups in total. The SMILES string of the molecule is CN(C)c1ccc(C=Cc2nc3ccc([N+](=O)[O-])cc3[nH]2)cc1. The maximum Gasteiger partial charge on any atom is 0.271 e. The first-order chi connectivity index (χ1) is 11.0. The van der Waals surface area contributed by atoms with Crippen molar-refractivity contribution in [1.29, 1.82) is 0 Å². The van der Waals surface area contributed by atoms with Crippen LogP contribution in [0, 0.1) is 10.1 Å². The predicted molar refractivity (Wildman–Crippen MR) is 92.4 cm³/mol. The largest absolute Gasteiger partial charge is 0.378 e. The molecule has 6 heteroatoms. The Bertz CT molecular complexity index is 879. The summed E-state index contributed by atoms with van der Waals surface area (Å²) in [7, 11) is 4.00. The summed E-state index contributed by atoms with van der Waals surface area (Å²) in [6.07, 6.45) is 3.81. The van der Waals surface area contributed by atoms with Crippen LogP contribution in [0.25, 0.3) is 23.2 Å². The lowest BCUT2D eigenvalue weighted by Gasteiger charge is -2.11. The molecule has 3 rings (SSSR count). The maximum atomic E-state index is 10.8. The van der Waals surface area contributed by atoms with Gasteiger partial charge in [0.1, 0.15) is 5.82 Å². The van der Waals surface area contributed by atoms with Crippen LogP contribution in [-0.2, 0) is 0 Å². The summed E-state index contributed by atoms with van der Waals surface area (Å²) in [6.45, 7) is 0. The van der Waals surface area contributed by atoms with Crippen LogP contribution in [0.1, 0.15) is 11.4 Å². The number of hydrogen-bond acceptors (Lipinski definition) is 4. The molecule has 0 amide bonds. The van der Waals surface area contributed by atoms with E-state index in [-0.39, 0.29) is 5.69 Å². The Kier molecular flexibility index (Phi) is 3.80. The van der Waals surface area contributed by atoms with Crippen LogP contribution < -0.4 is 4.90 Å². The van der Waals surface area contributed by atoms with Gasteiger partial charge in [0.2, 0.25) is 0 Å². The Morgan fingerprint density at radius 2 is 1.87 bits per heavy atom. The zero-order valence-electron chi connectivity index (χ0n) is 12.9. The Morgan fingerprint density at radius 1 is 1.13 bits per heavy atom. The first kappa shape index (κ1) is 14.8. The van der Waals surface area contributed by atoms with Gasteiger partial charge in [-0.2, -0.15) is 0 Å². The van der Waals surface area contributed by atoms with Gasteiger partial charge in [-0.3, -0.25) is 10.1 Å². The number of anilines is 1. The van der Waals surface area contributed by atoms with E-state index in [4.69, 9.17) is 0 Å². The fourth-order valence-electron chi connectivity index (χ4n) is 2.27. The molecule has 0 aliphatic heterocycles. The van der Waals surface area contributed by atoms with Gasteiger partial charge in [-0.15, -0.1) is 0 Å². The molecule has 0 aliphatic carbocycles. The molecule has 0 spiro atoms. The summed E-state index contributed by atoms with van der Waals surface area (Å²) in [5, 5.41) is 10.8. The van der Waals surface area contributed by atoms with Crippen LogP contribution in [-0.4, -0.2) is 29.0 Å². The second-order valence-corrected chi connectivity index (χ2v) is 5.40. The van der Waals surface area contributed by atoms with Crippen molar-refractivity contribution in [3.05, 3.63) is 64.0 Å². The number of non-ortho nitro benzene ring substituents is 1. The topological polar surface area (TPSA) is 75.1 Å². The molecule has 3 aromatic rings. The van der Waals surface area contributed by atoms with Gasteiger partial charge in [-0.1, -0.05) is 18.2 Å². The fraction of sp³-hybridized carbons (Fsp3) is 0.118. The summed E-state index contributed by atoms with van der Waals surface area (Å²) < 4.78 is 0. The monoisotopic (exact) mass is 308 g/mol. The summed E-state index contributed by atoms with van der Waals surface area (Å²) >= 11 is 0. The van der Waals surface area contributed by atoms with E-state index in [1.54, 1.807) is 6.07 Å². The normalized spacial score (nSPS) is 11.2. The highest BCUT2D eigenvalue weighted by Crippen LogP contribution is 2.20. The van der Waals surface area contributed by atoms with E-state index in [0.29, 0.717) is 16.9 Å². The number of aromatic nitrogens is 2. The van der Waals surface area contributed by atoms with Crippen LogP contribution in [0.3, 0.4) is 0 Å². The quantitative estimate of drug-likeness (QED) is 0.589. The molecule has 1 aromatic heterocycles. The molecule has 0 unspecified atom stereocenters. The summed E-state index contributed by atoms with van der Waals surface area (Å²) in [5.41, 5.74) is 3.61. The van der Waals surface area contributed by atoms with E-state index in [1.165, 1.54) is 12.1 Å². The van der Waals surface area contributed by atoms with Gasteiger partial charge in [0.05, 0.1) is 16.0 Å². The highest BCUT2D eigenvalue weighted by molar-refractivity contribution is 5.80. The zero-order valence-corrected chi connectivity index (χ0v) is 12.9. The predicted octanol–water partition coefficient (Wildman–Crippen LogP) is 3.71. The fourth-order valence-corrected chi connectivity index (χ4v) is 2.27. The molecule has 0 saturated heterocycles. The van der Waals surface area contributed by atoms with Crippen molar-refractivity contribution in [3.63, 3.8) is 0 Å². The Balaban J connectivity index is 1.84. The Morgan fingerprint density at radius 3 is 2.52 bits per heavy atom. The molecule has 0 bridgehead atoms. The van der Waals surface area contributed by atoms with Gasteiger partial charge < -0.3 is 9.88 Å². The maximum absolute atomic E-state index is 10.8. The van der Waals surface area contributed by atoms with E-state index in [1.807, 2.05) is 55.4 Å². The lowest BCUT2D eigenvalue weighted by Crippen LogP contribution is -2.07. The smallest absolute Gasteiger partial charge is 0.271 e. The van der Waals surface area contributed by atoms with Crippen molar-refractivity contribution in [2.75, 3.05) is 19.0 Å². The Hall–Kier alpha value is -3.15. The molecule has 0 aliphatic rings. The number of fused-ring (bicyclic) bond motifs is 1. The first-order valence-electron chi connectivity index (χ1n) is 7.12. The lowest BCUT2D eigenvalue weighted by atomic mass is 10.2. The molecular formula is C17H16N4O2. The molecule has 116 valence electrons. The van der Waals surface area contributed by atoms with Crippen molar-refractivity contribution < 1.29 is 4.92 Å². The van der Waals surface area contributed by atoms with E-state index >= 15 is 0 Å². The van der Waals surface area contributed by atoms with Crippen LogP contribution in [0.15, 0.2) is 42.5 Å². The number of nitrogens with zero attached hydrogens (tertiary/aromatic N) is 3. The highest BCUT2D eigenvalue weighted by Gasteiger charge is 2.08. The standard InChI is InChI=1S/C17H16N4O2/c1-20(2)13-6-3-12(4-7-13)5-10-17-18-15-9-8-14(21(22)23)11-16(15)19-17/h3-11H,1-2H3,(H,18,19). The van der Waals surface area contributed by atoms with Crippen LogP contribution >= 0.6 is 0 Å². The first-order valence-corrected chi connectivity index (χ1v) is 7.12. The number of nitro benzene ring substituents is 1. The van der Waals surface area contributed by atoms with Gasteiger partial charge in [0.25, 0.3) is 5.69 Å². The molecule has 0 fully saturated rings. The van der Waals surface area contributed by atoms with Gasteiger partial charge >= 0.3 is 0 Å². The minimum Gasteiger partial charge on any atom is -0.378 e. The van der Waals surface area contributed by atoms with E-state index in [0.717, 1.165) is 11.3 Å². The minimum atomic E-state index is -0.415. The van der Waals surface area contributed by atoms with Crippen molar-refractivity contribution >= 4 is 34.6 Å². The molecule has 0 atom stereocenters. The number of imidazole rings is 1. The van der Waals surface area contributed by atoms with Crippen molar-refractivity contribution in [2.24, 2.45) is 0 Å². The van der Waals surface area contributed by atoms with Gasteiger partial charge in [-0.25, -0.2) is 4.98 Å². The molecule has 1 heterocycles. The third kappa shape index (κ3) is 3.21. The minimum absolute atomic E-state index is 0.0518.